The number of nitrogens with zero attached hydrogens (tertiary/aromatic N) is 1. The third kappa shape index (κ3) is 1.91. The molecular formula is C10H8BrNOS. The van der Waals surface area contributed by atoms with Gasteiger partial charge in [-0.15, -0.1) is 0 Å². The van der Waals surface area contributed by atoms with Gasteiger partial charge in [-0.05, 0) is 18.6 Å². The Hall–Kier alpha value is -0.610. The molecule has 2 nitrogen and oxygen atoms in total. The third-order valence-electron chi connectivity index (χ3n) is 1.98. The van der Waals surface area contributed by atoms with E-state index in [0.717, 1.165) is 15.1 Å². The molecule has 0 radical (unpaired) electrons. The Balaban J connectivity index is 2.38. The molecule has 0 atom stereocenters. The Morgan fingerprint density at radius 2 is 2.29 bits per heavy atom. The van der Waals surface area contributed by atoms with E-state index in [2.05, 4.69) is 20.9 Å². The number of halogens is 1. The summed E-state index contributed by atoms with van der Waals surface area (Å²) in [6.45, 7) is 2.03. The predicted octanol–water partition coefficient (Wildman–Crippen LogP) is 2.78. The van der Waals surface area contributed by atoms with Crippen LogP contribution in [0, 0.1) is 6.92 Å². The van der Waals surface area contributed by atoms with E-state index in [0.29, 0.717) is 5.75 Å². The summed E-state index contributed by atoms with van der Waals surface area (Å²) in [4.78, 5) is 14.9. The first kappa shape index (κ1) is 9.93. The summed E-state index contributed by atoms with van der Waals surface area (Å²) in [6, 6.07) is 6.01. The fourth-order valence-corrected chi connectivity index (χ4v) is 2.35. The van der Waals surface area contributed by atoms with Crippen LogP contribution in [-0.4, -0.2) is 16.7 Å². The summed E-state index contributed by atoms with van der Waals surface area (Å²) in [5.41, 5.74) is 2.20. The molecule has 1 aliphatic rings. The van der Waals surface area contributed by atoms with Gasteiger partial charge in [0.15, 0.2) is 0 Å². The summed E-state index contributed by atoms with van der Waals surface area (Å²) >= 11 is 4.96. The second-order valence-corrected chi connectivity index (χ2v) is 4.88. The van der Waals surface area contributed by atoms with E-state index in [-0.39, 0.29) is 5.91 Å². The molecule has 0 aliphatic carbocycles. The molecule has 0 saturated carbocycles. The highest BCUT2D eigenvalue weighted by molar-refractivity contribution is 9.10. The zero-order valence-corrected chi connectivity index (χ0v) is 9.98. The van der Waals surface area contributed by atoms with Gasteiger partial charge < -0.3 is 0 Å². The van der Waals surface area contributed by atoms with E-state index < -0.39 is 0 Å². The lowest BCUT2D eigenvalue weighted by atomic mass is 10.2. The number of aliphatic imine (C=N–C) groups is 1. The minimum Gasteiger partial charge on any atom is -0.272 e. The maximum atomic E-state index is 11.0. The van der Waals surface area contributed by atoms with Crippen LogP contribution in [0.5, 0.6) is 0 Å². The van der Waals surface area contributed by atoms with Crippen molar-refractivity contribution in [2.45, 2.75) is 6.92 Å². The number of carbonyl (C=O) groups is 1. The standard InChI is InChI=1S/C10H8BrNOS/c1-6-2-3-7(4-8(6)11)10-12-9(13)5-14-10/h2-4H,5H2,1H3. The van der Waals surface area contributed by atoms with Crippen LogP contribution in [0.3, 0.4) is 0 Å². The minimum absolute atomic E-state index is 0.0401. The number of carbonyl (C=O) groups excluding carboxylic acids is 1. The molecule has 0 fully saturated rings. The fraction of sp³-hybridized carbons (Fsp3) is 0.200. The lowest BCUT2D eigenvalue weighted by Crippen LogP contribution is -1.92. The Morgan fingerprint density at radius 1 is 1.50 bits per heavy atom. The molecule has 4 heteroatoms. The van der Waals surface area contributed by atoms with Gasteiger partial charge in [0.05, 0.1) is 5.75 Å². The summed E-state index contributed by atoms with van der Waals surface area (Å²) < 4.78 is 1.05. The number of amides is 1. The lowest BCUT2D eigenvalue weighted by molar-refractivity contribution is -0.115. The van der Waals surface area contributed by atoms with E-state index in [1.807, 2.05) is 25.1 Å². The fourth-order valence-electron chi connectivity index (χ4n) is 1.18. The second kappa shape index (κ2) is 3.87. The van der Waals surface area contributed by atoms with Crippen molar-refractivity contribution < 1.29 is 4.79 Å². The zero-order valence-electron chi connectivity index (χ0n) is 7.58. The van der Waals surface area contributed by atoms with Crippen LogP contribution in [0.1, 0.15) is 11.1 Å². The third-order valence-corrected chi connectivity index (χ3v) is 3.82. The van der Waals surface area contributed by atoms with E-state index in [1.165, 1.54) is 17.3 Å². The average molecular weight is 270 g/mol. The Bertz CT molecular complexity index is 428. The number of hydrogen-bond donors (Lipinski definition) is 0. The largest absolute Gasteiger partial charge is 0.272 e. The first-order valence-corrected chi connectivity index (χ1v) is 5.95. The van der Waals surface area contributed by atoms with Crippen molar-refractivity contribution in [3.8, 4) is 0 Å². The molecule has 0 spiro atoms. The van der Waals surface area contributed by atoms with Gasteiger partial charge in [-0.2, -0.15) is 0 Å². The smallest absolute Gasteiger partial charge is 0.257 e. The zero-order chi connectivity index (χ0) is 10.1. The quantitative estimate of drug-likeness (QED) is 0.785. The molecular weight excluding hydrogens is 262 g/mol. The van der Waals surface area contributed by atoms with Crippen molar-refractivity contribution in [2.24, 2.45) is 4.99 Å². The van der Waals surface area contributed by atoms with E-state index >= 15 is 0 Å². The molecule has 0 bridgehead atoms. The number of thioether (sulfide) groups is 1. The van der Waals surface area contributed by atoms with Crippen LogP contribution in [-0.2, 0) is 4.79 Å². The molecule has 1 aromatic rings. The molecule has 0 unspecified atom stereocenters. The Morgan fingerprint density at radius 3 is 2.86 bits per heavy atom. The maximum Gasteiger partial charge on any atom is 0.257 e. The van der Waals surface area contributed by atoms with Gasteiger partial charge in [0.2, 0.25) is 0 Å². The minimum atomic E-state index is -0.0401. The number of rotatable bonds is 1. The summed E-state index contributed by atoms with van der Waals surface area (Å²) in [6.07, 6.45) is 0. The highest BCUT2D eigenvalue weighted by Gasteiger charge is 2.16. The van der Waals surface area contributed by atoms with Crippen molar-refractivity contribution in [3.05, 3.63) is 33.8 Å². The SMILES string of the molecule is Cc1ccc(C2=NC(=O)CS2)cc1Br. The van der Waals surface area contributed by atoms with Crippen LogP contribution in [0.15, 0.2) is 27.7 Å². The molecule has 0 N–H and O–H groups in total. The topological polar surface area (TPSA) is 29.4 Å². The van der Waals surface area contributed by atoms with E-state index in [4.69, 9.17) is 0 Å². The van der Waals surface area contributed by atoms with Gasteiger partial charge in [-0.1, -0.05) is 39.8 Å². The van der Waals surface area contributed by atoms with Gasteiger partial charge in [0, 0.05) is 10.0 Å². The van der Waals surface area contributed by atoms with Crippen LogP contribution >= 0.6 is 27.7 Å². The van der Waals surface area contributed by atoms with Crippen LogP contribution in [0.4, 0.5) is 0 Å². The van der Waals surface area contributed by atoms with Crippen molar-refractivity contribution >= 4 is 38.6 Å². The molecule has 1 aromatic carbocycles. The first-order chi connectivity index (χ1) is 6.66. The average Bonchev–Trinajstić information content (AvgIpc) is 2.57. The molecule has 2 rings (SSSR count). The van der Waals surface area contributed by atoms with E-state index in [9.17, 15) is 4.79 Å². The Kier molecular flexibility index (Phi) is 2.74. The Labute approximate surface area is 94.9 Å². The molecule has 0 saturated heterocycles. The normalized spacial score (nSPS) is 15.9. The van der Waals surface area contributed by atoms with Crippen molar-refractivity contribution in [1.29, 1.82) is 0 Å². The lowest BCUT2D eigenvalue weighted by Gasteiger charge is -2.02. The molecule has 1 amide bonds. The van der Waals surface area contributed by atoms with Crippen molar-refractivity contribution in [2.75, 3.05) is 5.75 Å². The highest BCUT2D eigenvalue weighted by Crippen LogP contribution is 2.24. The number of benzene rings is 1. The summed E-state index contributed by atoms with van der Waals surface area (Å²) in [5, 5.41) is 0.829. The van der Waals surface area contributed by atoms with Crippen molar-refractivity contribution in [1.82, 2.24) is 0 Å². The highest BCUT2D eigenvalue weighted by atomic mass is 79.9. The monoisotopic (exact) mass is 269 g/mol. The maximum absolute atomic E-state index is 11.0. The van der Waals surface area contributed by atoms with Crippen LogP contribution in [0.2, 0.25) is 0 Å². The van der Waals surface area contributed by atoms with Gasteiger partial charge in [0.25, 0.3) is 5.91 Å². The molecule has 1 aliphatic heterocycles. The van der Waals surface area contributed by atoms with Gasteiger partial charge >= 0.3 is 0 Å². The van der Waals surface area contributed by atoms with Gasteiger partial charge in [-0.3, -0.25) is 4.79 Å². The molecule has 14 heavy (non-hydrogen) atoms. The number of hydrogen-bond acceptors (Lipinski definition) is 2. The molecule has 0 aromatic heterocycles. The first-order valence-electron chi connectivity index (χ1n) is 4.17. The van der Waals surface area contributed by atoms with Gasteiger partial charge in [-0.25, -0.2) is 4.99 Å². The molecule has 72 valence electrons. The van der Waals surface area contributed by atoms with Crippen molar-refractivity contribution in [3.63, 3.8) is 0 Å². The van der Waals surface area contributed by atoms with Gasteiger partial charge in [0.1, 0.15) is 5.04 Å². The summed E-state index contributed by atoms with van der Waals surface area (Å²) in [7, 11) is 0. The number of aryl methyl sites for hydroxylation is 1. The van der Waals surface area contributed by atoms with E-state index in [1.54, 1.807) is 0 Å². The van der Waals surface area contributed by atoms with Crippen LogP contribution in [0.25, 0.3) is 0 Å². The second-order valence-electron chi connectivity index (χ2n) is 3.06. The van der Waals surface area contributed by atoms with Crippen LogP contribution < -0.4 is 0 Å². The predicted molar refractivity (Wildman–Crippen MR) is 62.9 cm³/mol. The molecule has 1 heterocycles. The summed E-state index contributed by atoms with van der Waals surface area (Å²) in [5.74, 6) is 0.433.